The number of nitrogens with one attached hydrogen (secondary N) is 1. The fraction of sp³-hybridized carbons (Fsp3) is 0.438. The second kappa shape index (κ2) is 7.46. The number of ether oxygens (including phenoxy) is 1. The molecular formula is C16H20ClNO2. The molecule has 2 atom stereocenters. The minimum absolute atomic E-state index is 0.0868. The number of hydrogen-bond acceptors (Lipinski definition) is 2. The van der Waals surface area contributed by atoms with Crippen molar-refractivity contribution in [2.75, 3.05) is 13.7 Å². The monoisotopic (exact) mass is 293 g/mol. The Balaban J connectivity index is 1.92. The summed E-state index contributed by atoms with van der Waals surface area (Å²) in [5.74, 6) is 0.187. The van der Waals surface area contributed by atoms with Crippen LogP contribution in [0.2, 0.25) is 5.02 Å². The molecule has 0 aliphatic heterocycles. The van der Waals surface area contributed by atoms with Gasteiger partial charge in [0, 0.05) is 30.2 Å². The van der Waals surface area contributed by atoms with Gasteiger partial charge < -0.3 is 10.1 Å². The maximum atomic E-state index is 12.1. The van der Waals surface area contributed by atoms with Gasteiger partial charge in [-0.25, -0.2) is 0 Å². The molecule has 1 aromatic rings. The van der Waals surface area contributed by atoms with Crippen LogP contribution < -0.4 is 5.32 Å². The quantitative estimate of drug-likeness (QED) is 0.844. The van der Waals surface area contributed by atoms with Gasteiger partial charge in [0.2, 0.25) is 5.91 Å². The zero-order valence-corrected chi connectivity index (χ0v) is 12.4. The summed E-state index contributed by atoms with van der Waals surface area (Å²) in [7, 11) is 1.63. The molecule has 0 saturated heterocycles. The third-order valence-electron chi connectivity index (χ3n) is 3.64. The Kier molecular flexibility index (Phi) is 5.62. The number of halogens is 1. The van der Waals surface area contributed by atoms with Crippen LogP contribution in [0.1, 0.15) is 30.9 Å². The number of benzene rings is 1. The Morgan fingerprint density at radius 3 is 2.90 bits per heavy atom. The predicted octanol–water partition coefficient (Wildman–Crippen LogP) is 3.50. The van der Waals surface area contributed by atoms with Gasteiger partial charge in [-0.3, -0.25) is 4.79 Å². The largest absolute Gasteiger partial charge is 0.375 e. The van der Waals surface area contributed by atoms with Gasteiger partial charge in [-0.15, -0.1) is 0 Å². The van der Waals surface area contributed by atoms with Crippen molar-refractivity contribution in [3.05, 3.63) is 47.0 Å². The number of allylic oxidation sites excluding steroid dienone is 2. The highest BCUT2D eigenvalue weighted by molar-refractivity contribution is 6.31. The summed E-state index contributed by atoms with van der Waals surface area (Å²) in [6.45, 7) is 0.444. The van der Waals surface area contributed by atoms with Gasteiger partial charge in [-0.1, -0.05) is 42.0 Å². The van der Waals surface area contributed by atoms with E-state index in [-0.39, 0.29) is 17.9 Å². The standard InChI is InChI=1S/C16H20ClNO2/c1-20-15(13-9-5-6-10-14(13)17)11-18-16(19)12-7-3-2-4-8-12/h2-3,5-6,9-10,12,15H,4,7-8,11H2,1H3,(H,18,19)/t12-,15-/m1/s1. The van der Waals surface area contributed by atoms with Crippen LogP contribution in [0.4, 0.5) is 0 Å². The van der Waals surface area contributed by atoms with Crippen molar-refractivity contribution in [3.8, 4) is 0 Å². The van der Waals surface area contributed by atoms with Crippen LogP contribution in [0.3, 0.4) is 0 Å². The summed E-state index contributed by atoms with van der Waals surface area (Å²) in [5.41, 5.74) is 0.903. The maximum absolute atomic E-state index is 12.1. The number of carbonyl (C=O) groups excluding carboxylic acids is 1. The summed E-state index contributed by atoms with van der Waals surface area (Å²) >= 11 is 6.16. The molecule has 20 heavy (non-hydrogen) atoms. The Labute approximate surface area is 125 Å². The molecule has 4 heteroatoms. The highest BCUT2D eigenvalue weighted by Crippen LogP contribution is 2.25. The molecule has 0 radical (unpaired) electrons. The van der Waals surface area contributed by atoms with Gasteiger partial charge in [0.15, 0.2) is 0 Å². The highest BCUT2D eigenvalue weighted by atomic mass is 35.5. The van der Waals surface area contributed by atoms with E-state index in [9.17, 15) is 4.79 Å². The number of rotatable bonds is 5. The molecule has 1 aliphatic carbocycles. The van der Waals surface area contributed by atoms with Gasteiger partial charge in [0.1, 0.15) is 6.10 Å². The van der Waals surface area contributed by atoms with E-state index >= 15 is 0 Å². The molecule has 0 saturated carbocycles. The zero-order valence-electron chi connectivity index (χ0n) is 11.6. The summed E-state index contributed by atoms with van der Waals surface area (Å²) in [6, 6.07) is 7.55. The third kappa shape index (κ3) is 3.84. The molecule has 0 bridgehead atoms. The van der Waals surface area contributed by atoms with Crippen LogP contribution in [0.15, 0.2) is 36.4 Å². The molecule has 3 nitrogen and oxygen atoms in total. The van der Waals surface area contributed by atoms with Crippen molar-refractivity contribution in [2.45, 2.75) is 25.4 Å². The predicted molar refractivity (Wildman–Crippen MR) is 80.7 cm³/mol. The molecule has 1 amide bonds. The van der Waals surface area contributed by atoms with Gasteiger partial charge >= 0.3 is 0 Å². The zero-order chi connectivity index (χ0) is 14.4. The van der Waals surface area contributed by atoms with E-state index in [0.29, 0.717) is 11.6 Å². The molecule has 1 N–H and O–H groups in total. The smallest absolute Gasteiger partial charge is 0.223 e. The molecule has 108 valence electrons. The van der Waals surface area contributed by atoms with E-state index in [0.717, 1.165) is 24.8 Å². The van der Waals surface area contributed by atoms with E-state index in [1.807, 2.05) is 24.3 Å². The van der Waals surface area contributed by atoms with Crippen LogP contribution in [-0.2, 0) is 9.53 Å². The van der Waals surface area contributed by atoms with Gasteiger partial charge in [-0.2, -0.15) is 0 Å². The van der Waals surface area contributed by atoms with Crippen LogP contribution >= 0.6 is 11.6 Å². The minimum Gasteiger partial charge on any atom is -0.375 e. The number of carbonyl (C=O) groups is 1. The SMILES string of the molecule is CO[C@H](CNC(=O)[C@@H]1CC=CCC1)c1ccccc1Cl. The summed E-state index contributed by atoms with van der Waals surface area (Å²) in [6.07, 6.45) is 6.73. The fourth-order valence-corrected chi connectivity index (χ4v) is 2.68. The molecular weight excluding hydrogens is 274 g/mol. The molecule has 1 aliphatic rings. The minimum atomic E-state index is -0.216. The van der Waals surface area contributed by atoms with E-state index in [1.54, 1.807) is 7.11 Å². The first kappa shape index (κ1) is 15.1. The van der Waals surface area contributed by atoms with Crippen molar-refractivity contribution in [3.63, 3.8) is 0 Å². The molecule has 0 unspecified atom stereocenters. The van der Waals surface area contributed by atoms with Crippen molar-refractivity contribution in [1.29, 1.82) is 0 Å². The first-order valence-corrected chi connectivity index (χ1v) is 7.30. The Hall–Kier alpha value is -1.32. The van der Waals surface area contributed by atoms with E-state index in [4.69, 9.17) is 16.3 Å². The van der Waals surface area contributed by atoms with Crippen LogP contribution in [-0.4, -0.2) is 19.6 Å². The molecule has 2 rings (SSSR count). The second-order valence-corrected chi connectivity index (χ2v) is 5.38. The summed E-state index contributed by atoms with van der Waals surface area (Å²) < 4.78 is 5.44. The van der Waals surface area contributed by atoms with Crippen molar-refractivity contribution in [1.82, 2.24) is 5.32 Å². The lowest BCUT2D eigenvalue weighted by Crippen LogP contribution is -2.34. The van der Waals surface area contributed by atoms with E-state index in [2.05, 4.69) is 17.5 Å². The van der Waals surface area contributed by atoms with Crippen LogP contribution in [0, 0.1) is 5.92 Å². The molecule has 1 aromatic carbocycles. The van der Waals surface area contributed by atoms with Crippen molar-refractivity contribution in [2.24, 2.45) is 5.92 Å². The third-order valence-corrected chi connectivity index (χ3v) is 3.98. The Morgan fingerprint density at radius 2 is 2.25 bits per heavy atom. The second-order valence-electron chi connectivity index (χ2n) is 4.97. The average Bonchev–Trinajstić information content (AvgIpc) is 2.50. The number of hydrogen-bond donors (Lipinski definition) is 1. The molecule has 0 fully saturated rings. The van der Waals surface area contributed by atoms with Gasteiger partial charge in [0.05, 0.1) is 0 Å². The van der Waals surface area contributed by atoms with Crippen LogP contribution in [0.5, 0.6) is 0 Å². The fourth-order valence-electron chi connectivity index (χ4n) is 2.43. The molecule has 0 aromatic heterocycles. The average molecular weight is 294 g/mol. The molecule has 0 heterocycles. The van der Waals surface area contributed by atoms with E-state index in [1.165, 1.54) is 0 Å². The van der Waals surface area contributed by atoms with Gasteiger partial charge in [0.25, 0.3) is 0 Å². The lowest BCUT2D eigenvalue weighted by atomic mass is 9.93. The summed E-state index contributed by atoms with van der Waals surface area (Å²) in [4.78, 5) is 12.1. The maximum Gasteiger partial charge on any atom is 0.223 e. The first-order valence-electron chi connectivity index (χ1n) is 6.92. The number of methoxy groups -OCH3 is 1. The lowest BCUT2D eigenvalue weighted by Gasteiger charge is -2.21. The van der Waals surface area contributed by atoms with Crippen molar-refractivity contribution < 1.29 is 9.53 Å². The van der Waals surface area contributed by atoms with Crippen molar-refractivity contribution >= 4 is 17.5 Å². The van der Waals surface area contributed by atoms with Gasteiger partial charge in [-0.05, 0) is 25.3 Å². The number of amides is 1. The highest BCUT2D eigenvalue weighted by Gasteiger charge is 2.20. The first-order chi connectivity index (χ1) is 9.72. The lowest BCUT2D eigenvalue weighted by molar-refractivity contribution is -0.125. The normalized spacial score (nSPS) is 19.6. The van der Waals surface area contributed by atoms with E-state index < -0.39 is 0 Å². The Morgan fingerprint density at radius 1 is 1.45 bits per heavy atom. The van der Waals surface area contributed by atoms with Crippen LogP contribution in [0.25, 0.3) is 0 Å². The summed E-state index contributed by atoms with van der Waals surface area (Å²) in [5, 5.41) is 3.63. The molecule has 0 spiro atoms. The Bertz CT molecular complexity index is 487. The topological polar surface area (TPSA) is 38.3 Å².